The largest absolute Gasteiger partial charge is 0.539 e. The number of halogens is 1. The highest BCUT2D eigenvalue weighted by molar-refractivity contribution is 6.29. The number of carbonyl (C=O) groups is 3. The number of benzene rings is 1. The fourth-order valence-corrected chi connectivity index (χ4v) is 3.80. The van der Waals surface area contributed by atoms with E-state index >= 15 is 0 Å². The zero-order valence-electron chi connectivity index (χ0n) is 20.8. The standard InChI is InChI=1S/C22H28ClN3O5.C2H2O4/c1-28-17-14-16(15-18(29-2)21(17)30-3)22(27)31-13-5-8-25-9-11-26(12-10-25)20-7-4-6-19(23)24-20;3-1(4)2(5)6/h4,6-7,14-15H,5,8-13H2,1-3H3;(H,3,4)(H,5,6). The van der Waals surface area contributed by atoms with Gasteiger partial charge in [-0.05, 0) is 24.3 Å². The third-order valence-electron chi connectivity index (χ3n) is 5.48. The van der Waals surface area contributed by atoms with Crippen molar-refractivity contribution < 1.29 is 48.4 Å². The van der Waals surface area contributed by atoms with Crippen molar-refractivity contribution in [1.29, 1.82) is 0 Å². The summed E-state index contributed by atoms with van der Waals surface area (Å²) in [5.41, 5.74) is 0.365. The molecule has 1 aromatic heterocycles. The molecule has 1 aliphatic heterocycles. The van der Waals surface area contributed by atoms with Gasteiger partial charge in [0.05, 0.1) is 66.2 Å². The van der Waals surface area contributed by atoms with Gasteiger partial charge in [-0.1, -0.05) is 17.7 Å². The number of esters is 1. The summed E-state index contributed by atoms with van der Waals surface area (Å²) in [6.45, 7) is 5.17. The molecule has 0 aliphatic carbocycles. The number of hydrogen-bond donors (Lipinski definition) is 2. The van der Waals surface area contributed by atoms with Crippen LogP contribution < -0.4 is 29.1 Å². The van der Waals surface area contributed by atoms with Crippen LogP contribution >= 0.6 is 11.6 Å². The van der Waals surface area contributed by atoms with Crippen LogP contribution in [0.1, 0.15) is 16.8 Å². The van der Waals surface area contributed by atoms with E-state index in [4.69, 9.17) is 50.4 Å². The normalized spacial score (nSPS) is 13.1. The minimum Gasteiger partial charge on any atom is -0.539 e. The van der Waals surface area contributed by atoms with Crippen molar-refractivity contribution in [3.05, 3.63) is 41.0 Å². The van der Waals surface area contributed by atoms with Crippen molar-refractivity contribution in [3.8, 4) is 17.2 Å². The predicted octanol–water partition coefficient (Wildman–Crippen LogP) is -0.466. The van der Waals surface area contributed by atoms with Gasteiger partial charge >= 0.3 is 11.9 Å². The Morgan fingerprint density at radius 3 is 2.16 bits per heavy atom. The monoisotopic (exact) mass is 539 g/mol. The molecule has 1 saturated heterocycles. The van der Waals surface area contributed by atoms with Crippen LogP contribution in [0.3, 0.4) is 0 Å². The number of nitrogens with one attached hydrogen (secondary N) is 1. The van der Waals surface area contributed by atoms with E-state index in [1.54, 1.807) is 18.2 Å². The third-order valence-corrected chi connectivity index (χ3v) is 5.69. The lowest BCUT2D eigenvalue weighted by molar-refractivity contribution is -0.900. The Kier molecular flexibility index (Phi) is 11.7. The molecule has 12 nitrogen and oxygen atoms in total. The molecule has 1 fully saturated rings. The number of pyridine rings is 1. The highest BCUT2D eigenvalue weighted by atomic mass is 35.5. The number of carboxylic acid groups (broad SMARTS) is 2. The number of piperazine rings is 1. The van der Waals surface area contributed by atoms with Gasteiger partial charge in [0.25, 0.3) is 0 Å². The number of hydrogen-bond acceptors (Lipinski definition) is 10. The SMILES string of the molecule is COc1cc(C(=O)OCCC[NH+]2CCN(c3cccc(Cl)n3)CC2)cc(OC)c1OC.O=C([O-])C(=O)O. The quantitative estimate of drug-likeness (QED) is 0.184. The number of carboxylic acids is 2. The lowest BCUT2D eigenvalue weighted by Gasteiger charge is -2.32. The molecule has 2 aromatic rings. The Balaban J connectivity index is 0.000000717. The van der Waals surface area contributed by atoms with Gasteiger partial charge in [0, 0.05) is 6.42 Å². The van der Waals surface area contributed by atoms with Crippen LogP contribution in [0.5, 0.6) is 17.2 Å². The van der Waals surface area contributed by atoms with Crippen molar-refractivity contribution in [2.75, 3.05) is 65.6 Å². The number of aromatic nitrogens is 1. The maximum atomic E-state index is 12.5. The second-order valence-electron chi connectivity index (χ2n) is 7.80. The summed E-state index contributed by atoms with van der Waals surface area (Å²) >= 11 is 5.99. The Labute approximate surface area is 219 Å². The molecule has 13 heteroatoms. The Morgan fingerprint density at radius 2 is 1.68 bits per heavy atom. The molecule has 2 heterocycles. The number of aliphatic carboxylic acids is 2. The Bertz CT molecular complexity index is 1040. The summed E-state index contributed by atoms with van der Waals surface area (Å²) in [4.78, 5) is 38.6. The maximum absolute atomic E-state index is 12.5. The van der Waals surface area contributed by atoms with Crippen LogP contribution in [-0.2, 0) is 14.3 Å². The van der Waals surface area contributed by atoms with Gasteiger partial charge in [-0.3, -0.25) is 0 Å². The number of anilines is 1. The Hall–Kier alpha value is -3.77. The predicted molar refractivity (Wildman–Crippen MR) is 131 cm³/mol. The zero-order valence-corrected chi connectivity index (χ0v) is 21.6. The zero-order chi connectivity index (χ0) is 27.4. The maximum Gasteiger partial charge on any atom is 0.351 e. The molecule has 1 aromatic carbocycles. The van der Waals surface area contributed by atoms with E-state index in [-0.39, 0.29) is 0 Å². The minimum absolute atomic E-state index is 0.360. The van der Waals surface area contributed by atoms with Gasteiger partial charge in [0.15, 0.2) is 17.5 Å². The molecule has 1 aliphatic rings. The van der Waals surface area contributed by atoms with E-state index in [2.05, 4.69) is 9.88 Å². The van der Waals surface area contributed by atoms with Gasteiger partial charge in [0.1, 0.15) is 11.0 Å². The molecular formula is C24H30ClN3O9. The number of rotatable bonds is 9. The van der Waals surface area contributed by atoms with Crippen molar-refractivity contribution >= 4 is 35.3 Å². The molecule has 0 bridgehead atoms. The summed E-state index contributed by atoms with van der Waals surface area (Å²) < 4.78 is 21.3. The summed E-state index contributed by atoms with van der Waals surface area (Å²) in [6, 6.07) is 8.88. The van der Waals surface area contributed by atoms with Crippen LogP contribution in [0, 0.1) is 0 Å². The van der Waals surface area contributed by atoms with Crippen molar-refractivity contribution in [1.82, 2.24) is 4.98 Å². The molecule has 0 unspecified atom stereocenters. The second kappa shape index (κ2) is 14.7. The number of ether oxygens (including phenoxy) is 4. The number of methoxy groups -OCH3 is 3. The first kappa shape index (κ1) is 29.5. The van der Waals surface area contributed by atoms with Crippen LogP contribution in [0.25, 0.3) is 0 Å². The molecule has 202 valence electrons. The molecule has 3 rings (SSSR count). The van der Waals surface area contributed by atoms with Gasteiger partial charge in [-0.25, -0.2) is 14.6 Å². The topological polar surface area (TPSA) is 152 Å². The van der Waals surface area contributed by atoms with Crippen LogP contribution in [0.2, 0.25) is 5.15 Å². The average molecular weight is 540 g/mol. The van der Waals surface area contributed by atoms with E-state index in [9.17, 15) is 4.79 Å². The van der Waals surface area contributed by atoms with Crippen LogP contribution in [0.15, 0.2) is 30.3 Å². The molecule has 0 amide bonds. The summed E-state index contributed by atoms with van der Waals surface area (Å²) in [5, 5.41) is 16.8. The molecule has 2 N–H and O–H groups in total. The fourth-order valence-electron chi connectivity index (χ4n) is 3.65. The van der Waals surface area contributed by atoms with Gasteiger partial charge in [-0.15, -0.1) is 0 Å². The van der Waals surface area contributed by atoms with Crippen molar-refractivity contribution in [2.45, 2.75) is 6.42 Å². The van der Waals surface area contributed by atoms with E-state index in [1.165, 1.54) is 26.2 Å². The van der Waals surface area contributed by atoms with Gasteiger partial charge in [-0.2, -0.15) is 0 Å². The number of nitrogens with zero attached hydrogens (tertiary/aromatic N) is 2. The highest BCUT2D eigenvalue weighted by Gasteiger charge is 2.21. The van der Waals surface area contributed by atoms with Crippen molar-refractivity contribution in [3.63, 3.8) is 0 Å². The average Bonchev–Trinajstić information content (AvgIpc) is 2.90. The highest BCUT2D eigenvalue weighted by Crippen LogP contribution is 2.38. The number of quaternary nitrogens is 1. The summed E-state index contributed by atoms with van der Waals surface area (Å²) in [7, 11) is 4.54. The summed E-state index contributed by atoms with van der Waals surface area (Å²) in [5.74, 6) is -2.21. The first-order valence-electron chi connectivity index (χ1n) is 11.3. The molecule has 0 saturated carbocycles. The molecular weight excluding hydrogens is 510 g/mol. The van der Waals surface area contributed by atoms with Crippen molar-refractivity contribution in [2.24, 2.45) is 0 Å². The molecule has 37 heavy (non-hydrogen) atoms. The Morgan fingerprint density at radius 1 is 1.08 bits per heavy atom. The van der Waals surface area contributed by atoms with Crippen LogP contribution in [0.4, 0.5) is 5.82 Å². The van der Waals surface area contributed by atoms with E-state index < -0.39 is 17.9 Å². The number of carbonyl (C=O) groups excluding carboxylic acids is 2. The smallest absolute Gasteiger partial charge is 0.351 e. The first-order chi connectivity index (χ1) is 17.7. The molecule has 0 radical (unpaired) electrons. The summed E-state index contributed by atoms with van der Waals surface area (Å²) in [6.07, 6.45) is 0.793. The van der Waals surface area contributed by atoms with Gasteiger partial charge in [0.2, 0.25) is 5.75 Å². The first-order valence-corrected chi connectivity index (χ1v) is 11.7. The van der Waals surface area contributed by atoms with E-state index in [0.29, 0.717) is 34.6 Å². The van der Waals surface area contributed by atoms with E-state index in [1.807, 2.05) is 12.1 Å². The van der Waals surface area contributed by atoms with Crippen LogP contribution in [-0.4, -0.2) is 88.7 Å². The van der Waals surface area contributed by atoms with E-state index in [0.717, 1.165) is 45.0 Å². The lowest BCUT2D eigenvalue weighted by Crippen LogP contribution is -3.14. The third kappa shape index (κ3) is 8.99. The molecule has 0 spiro atoms. The van der Waals surface area contributed by atoms with Gasteiger partial charge < -0.3 is 43.8 Å². The second-order valence-corrected chi connectivity index (χ2v) is 8.19. The lowest BCUT2D eigenvalue weighted by atomic mass is 10.2. The fraction of sp³-hybridized carbons (Fsp3) is 0.417. The molecule has 0 atom stereocenters. The minimum atomic E-state index is -2.07.